The predicted octanol–water partition coefficient (Wildman–Crippen LogP) is 1.54. The first-order valence-electron chi connectivity index (χ1n) is 8.79. The summed E-state index contributed by atoms with van der Waals surface area (Å²) >= 11 is 0. The van der Waals surface area contributed by atoms with Gasteiger partial charge in [-0.2, -0.15) is 0 Å². The minimum absolute atomic E-state index is 0.0504. The summed E-state index contributed by atoms with van der Waals surface area (Å²) in [6, 6.07) is 0.603. The van der Waals surface area contributed by atoms with Crippen molar-refractivity contribution in [3.05, 3.63) is 16.3 Å². The van der Waals surface area contributed by atoms with Gasteiger partial charge in [0.05, 0.1) is 6.04 Å². The van der Waals surface area contributed by atoms with Gasteiger partial charge in [-0.3, -0.25) is 4.57 Å². The molecule has 26 heavy (non-hydrogen) atoms. The molecule has 144 valence electrons. The van der Waals surface area contributed by atoms with Crippen molar-refractivity contribution in [2.75, 3.05) is 19.7 Å². The van der Waals surface area contributed by atoms with Crippen LogP contribution in [0.5, 0.6) is 6.01 Å². The number of fused-ring (bicyclic) bond motifs is 1. The lowest BCUT2D eigenvalue weighted by molar-refractivity contribution is -0.389. The van der Waals surface area contributed by atoms with Gasteiger partial charge in [-0.25, -0.2) is 4.79 Å². The molecule has 0 spiro atoms. The largest absolute Gasteiger partial charge is 0.444 e. The van der Waals surface area contributed by atoms with E-state index in [4.69, 9.17) is 9.47 Å². The third kappa shape index (κ3) is 4.43. The second kappa shape index (κ2) is 7.10. The molecule has 3 heterocycles. The Morgan fingerprint density at radius 3 is 2.69 bits per heavy atom. The standard InChI is InChI=1S/C16H25N5O5/c1-16(2,3)26-15(22)19-6-4-11(5-7-19)17-12-8-20-9-13(21(23)24)18-14(20)25-10-12/h9,11-12,17H,4-8,10H2,1-3H3/t12-/m0/s1. The topological polar surface area (TPSA) is 112 Å². The van der Waals surface area contributed by atoms with E-state index in [1.165, 1.54) is 6.20 Å². The molecule has 0 aromatic carbocycles. The van der Waals surface area contributed by atoms with Crippen molar-refractivity contribution in [3.63, 3.8) is 0 Å². The lowest BCUT2D eigenvalue weighted by Gasteiger charge is -2.35. The van der Waals surface area contributed by atoms with Gasteiger partial charge in [-0.05, 0) is 38.5 Å². The van der Waals surface area contributed by atoms with Crippen molar-refractivity contribution in [2.45, 2.75) is 57.8 Å². The van der Waals surface area contributed by atoms with Crippen LogP contribution in [-0.2, 0) is 11.3 Å². The Morgan fingerprint density at radius 2 is 2.08 bits per heavy atom. The van der Waals surface area contributed by atoms with E-state index in [0.29, 0.717) is 26.2 Å². The molecule has 0 saturated carbocycles. The molecule has 1 saturated heterocycles. The molecule has 1 aromatic rings. The van der Waals surface area contributed by atoms with Crippen molar-refractivity contribution >= 4 is 11.9 Å². The number of nitro groups is 1. The van der Waals surface area contributed by atoms with E-state index in [1.807, 2.05) is 20.8 Å². The van der Waals surface area contributed by atoms with E-state index in [2.05, 4.69) is 10.3 Å². The summed E-state index contributed by atoms with van der Waals surface area (Å²) < 4.78 is 12.6. The predicted molar refractivity (Wildman–Crippen MR) is 92.1 cm³/mol. The molecule has 1 fully saturated rings. The van der Waals surface area contributed by atoms with E-state index in [0.717, 1.165) is 12.8 Å². The van der Waals surface area contributed by atoms with Gasteiger partial charge in [0.2, 0.25) is 0 Å². The monoisotopic (exact) mass is 367 g/mol. The van der Waals surface area contributed by atoms with Gasteiger partial charge in [0.1, 0.15) is 18.4 Å². The fourth-order valence-corrected chi connectivity index (χ4v) is 3.17. The van der Waals surface area contributed by atoms with Crippen LogP contribution < -0.4 is 10.1 Å². The highest BCUT2D eigenvalue weighted by atomic mass is 16.6. The van der Waals surface area contributed by atoms with Crippen molar-refractivity contribution in [2.24, 2.45) is 0 Å². The highest BCUT2D eigenvalue weighted by Crippen LogP contribution is 2.22. The fraction of sp³-hybridized carbons (Fsp3) is 0.750. The molecule has 0 aliphatic carbocycles. The molecule has 1 atom stereocenters. The van der Waals surface area contributed by atoms with Gasteiger partial charge in [0, 0.05) is 30.7 Å². The van der Waals surface area contributed by atoms with Gasteiger partial charge in [-0.15, -0.1) is 0 Å². The third-order valence-electron chi connectivity index (χ3n) is 4.36. The zero-order chi connectivity index (χ0) is 18.9. The zero-order valence-electron chi connectivity index (χ0n) is 15.3. The molecular formula is C16H25N5O5. The molecule has 10 nitrogen and oxygen atoms in total. The Morgan fingerprint density at radius 1 is 1.38 bits per heavy atom. The lowest BCUT2D eigenvalue weighted by atomic mass is 10.0. The average Bonchev–Trinajstić information content (AvgIpc) is 2.97. The van der Waals surface area contributed by atoms with Crippen molar-refractivity contribution in [3.8, 4) is 6.01 Å². The molecule has 0 bridgehead atoms. The van der Waals surface area contributed by atoms with Crippen molar-refractivity contribution < 1.29 is 19.2 Å². The van der Waals surface area contributed by atoms with Crippen LogP contribution in [0.1, 0.15) is 33.6 Å². The molecule has 10 heteroatoms. The number of likely N-dealkylation sites (tertiary alicyclic amines) is 1. The van der Waals surface area contributed by atoms with Gasteiger partial charge >= 0.3 is 17.9 Å². The number of hydrogen-bond donors (Lipinski definition) is 1. The summed E-state index contributed by atoms with van der Waals surface area (Å²) in [5, 5.41) is 14.3. The van der Waals surface area contributed by atoms with Crippen LogP contribution in [0.3, 0.4) is 0 Å². The molecule has 0 unspecified atom stereocenters. The SMILES string of the molecule is CC(C)(C)OC(=O)N1CCC(N[C@@H]2COc3nc([N+](=O)[O-])cn3C2)CC1. The van der Waals surface area contributed by atoms with Crippen LogP contribution in [-0.4, -0.2) is 62.8 Å². The second-order valence-corrected chi connectivity index (χ2v) is 7.71. The maximum absolute atomic E-state index is 12.1. The third-order valence-corrected chi connectivity index (χ3v) is 4.36. The van der Waals surface area contributed by atoms with E-state index in [-0.39, 0.29) is 30.0 Å². The normalized spacial score (nSPS) is 21.0. The first-order chi connectivity index (χ1) is 12.2. The maximum Gasteiger partial charge on any atom is 0.414 e. The summed E-state index contributed by atoms with van der Waals surface area (Å²) in [6.07, 6.45) is 2.78. The number of ether oxygens (including phenoxy) is 2. The molecule has 1 aromatic heterocycles. The van der Waals surface area contributed by atoms with E-state index < -0.39 is 10.5 Å². The Labute approximate surface area is 151 Å². The Hall–Kier alpha value is -2.36. The van der Waals surface area contributed by atoms with Gasteiger partial charge in [-0.1, -0.05) is 0 Å². The van der Waals surface area contributed by atoms with Crippen LogP contribution in [0, 0.1) is 10.1 Å². The number of amides is 1. The summed E-state index contributed by atoms with van der Waals surface area (Å²) in [5.74, 6) is -0.202. The summed E-state index contributed by atoms with van der Waals surface area (Å²) in [7, 11) is 0. The minimum Gasteiger partial charge on any atom is -0.444 e. The second-order valence-electron chi connectivity index (χ2n) is 7.71. The average molecular weight is 367 g/mol. The molecule has 1 N–H and O–H groups in total. The lowest BCUT2D eigenvalue weighted by Crippen LogP contribution is -2.51. The number of nitrogens with one attached hydrogen (secondary N) is 1. The molecule has 2 aliphatic heterocycles. The van der Waals surface area contributed by atoms with Gasteiger partial charge < -0.3 is 29.8 Å². The van der Waals surface area contributed by atoms with Crippen LogP contribution in [0.15, 0.2) is 6.20 Å². The number of aromatic nitrogens is 2. The number of nitrogens with zero attached hydrogens (tertiary/aromatic N) is 4. The van der Waals surface area contributed by atoms with Crippen LogP contribution >= 0.6 is 0 Å². The van der Waals surface area contributed by atoms with Gasteiger partial charge in [0.25, 0.3) is 0 Å². The highest BCUT2D eigenvalue weighted by molar-refractivity contribution is 5.68. The summed E-state index contributed by atoms with van der Waals surface area (Å²) in [6.45, 7) is 7.85. The summed E-state index contributed by atoms with van der Waals surface area (Å²) in [5.41, 5.74) is -0.489. The van der Waals surface area contributed by atoms with Crippen LogP contribution in [0.25, 0.3) is 0 Å². The number of carbonyl (C=O) groups excluding carboxylic acids is 1. The number of imidazole rings is 1. The molecule has 3 rings (SSSR count). The fourth-order valence-electron chi connectivity index (χ4n) is 3.17. The molecule has 1 amide bonds. The number of piperidine rings is 1. The smallest absolute Gasteiger partial charge is 0.414 e. The number of rotatable bonds is 3. The molecule has 0 radical (unpaired) electrons. The van der Waals surface area contributed by atoms with E-state index in [1.54, 1.807) is 9.47 Å². The van der Waals surface area contributed by atoms with Gasteiger partial charge in [0.15, 0.2) is 0 Å². The minimum atomic E-state index is -0.524. The number of carbonyl (C=O) groups is 1. The Bertz CT molecular complexity index is 675. The number of hydrogen-bond acceptors (Lipinski definition) is 7. The maximum atomic E-state index is 12.1. The van der Waals surface area contributed by atoms with E-state index >= 15 is 0 Å². The van der Waals surface area contributed by atoms with Crippen molar-refractivity contribution in [1.82, 2.24) is 19.8 Å². The van der Waals surface area contributed by atoms with Crippen molar-refractivity contribution in [1.29, 1.82) is 0 Å². The Balaban J connectivity index is 1.48. The quantitative estimate of drug-likeness (QED) is 0.637. The summed E-state index contributed by atoms with van der Waals surface area (Å²) in [4.78, 5) is 28.0. The molecule has 2 aliphatic rings. The molecular weight excluding hydrogens is 342 g/mol. The highest BCUT2D eigenvalue weighted by Gasteiger charge is 2.31. The Kier molecular flexibility index (Phi) is 5.03. The first-order valence-corrected chi connectivity index (χ1v) is 8.79. The van der Waals surface area contributed by atoms with Crippen LogP contribution in [0.2, 0.25) is 0 Å². The zero-order valence-corrected chi connectivity index (χ0v) is 15.3. The van der Waals surface area contributed by atoms with Crippen LogP contribution in [0.4, 0.5) is 10.6 Å². The first kappa shape index (κ1) is 18.4. The van der Waals surface area contributed by atoms with E-state index in [9.17, 15) is 14.9 Å².